The summed E-state index contributed by atoms with van der Waals surface area (Å²) in [6.07, 6.45) is 1.95. The fraction of sp³-hybridized carbons (Fsp3) is 0.889. The van der Waals surface area contributed by atoms with Crippen LogP contribution in [0.5, 0.6) is 0 Å². The molecule has 4 heteroatoms. The molecule has 1 rings (SSSR count). The number of aliphatic hydroxyl groups is 1. The SMILES string of the molecule is CC[C@@H]1C[C@@H](NC(=O)O)CC[C@H]1O. The summed E-state index contributed by atoms with van der Waals surface area (Å²) in [5, 5.41) is 20.5. The number of carboxylic acid groups (broad SMARTS) is 1. The van der Waals surface area contributed by atoms with Gasteiger partial charge in [0.2, 0.25) is 0 Å². The van der Waals surface area contributed by atoms with E-state index in [-0.39, 0.29) is 18.1 Å². The molecule has 13 heavy (non-hydrogen) atoms. The van der Waals surface area contributed by atoms with E-state index < -0.39 is 6.09 Å². The predicted molar refractivity (Wildman–Crippen MR) is 48.6 cm³/mol. The van der Waals surface area contributed by atoms with Crippen molar-refractivity contribution in [1.82, 2.24) is 5.32 Å². The largest absolute Gasteiger partial charge is 0.465 e. The van der Waals surface area contributed by atoms with Crippen LogP contribution in [0.2, 0.25) is 0 Å². The zero-order valence-electron chi connectivity index (χ0n) is 7.86. The molecule has 1 saturated carbocycles. The van der Waals surface area contributed by atoms with Crippen molar-refractivity contribution in [2.45, 2.75) is 44.8 Å². The third-order valence-corrected chi connectivity index (χ3v) is 2.79. The average Bonchev–Trinajstić information content (AvgIpc) is 2.07. The Morgan fingerprint density at radius 2 is 2.23 bits per heavy atom. The van der Waals surface area contributed by atoms with Crippen LogP contribution >= 0.6 is 0 Å². The summed E-state index contributed by atoms with van der Waals surface area (Å²) < 4.78 is 0. The van der Waals surface area contributed by atoms with E-state index >= 15 is 0 Å². The predicted octanol–water partition coefficient (Wildman–Crippen LogP) is 1.19. The minimum Gasteiger partial charge on any atom is -0.465 e. The summed E-state index contributed by atoms with van der Waals surface area (Å²) in [6.45, 7) is 2.02. The highest BCUT2D eigenvalue weighted by molar-refractivity contribution is 5.64. The number of amides is 1. The van der Waals surface area contributed by atoms with Gasteiger partial charge >= 0.3 is 6.09 Å². The van der Waals surface area contributed by atoms with Crippen LogP contribution in [-0.2, 0) is 0 Å². The van der Waals surface area contributed by atoms with E-state index in [1.54, 1.807) is 0 Å². The lowest BCUT2D eigenvalue weighted by Crippen LogP contribution is -2.41. The molecular weight excluding hydrogens is 170 g/mol. The van der Waals surface area contributed by atoms with Crippen LogP contribution < -0.4 is 5.32 Å². The Morgan fingerprint density at radius 1 is 1.54 bits per heavy atom. The van der Waals surface area contributed by atoms with Crippen molar-refractivity contribution in [2.75, 3.05) is 0 Å². The van der Waals surface area contributed by atoms with Crippen molar-refractivity contribution in [3.05, 3.63) is 0 Å². The number of aliphatic hydroxyl groups excluding tert-OH is 1. The van der Waals surface area contributed by atoms with Crippen LogP contribution in [0.15, 0.2) is 0 Å². The van der Waals surface area contributed by atoms with Crippen LogP contribution in [0, 0.1) is 5.92 Å². The lowest BCUT2D eigenvalue weighted by atomic mass is 9.82. The normalized spacial score (nSPS) is 34.2. The number of hydrogen-bond donors (Lipinski definition) is 3. The highest BCUT2D eigenvalue weighted by Gasteiger charge is 2.28. The second-order valence-electron chi connectivity index (χ2n) is 3.70. The van der Waals surface area contributed by atoms with E-state index in [0.717, 1.165) is 19.3 Å². The van der Waals surface area contributed by atoms with Crippen LogP contribution in [0.3, 0.4) is 0 Å². The molecule has 0 aliphatic heterocycles. The van der Waals surface area contributed by atoms with Crippen molar-refractivity contribution in [3.8, 4) is 0 Å². The quantitative estimate of drug-likeness (QED) is 0.608. The third kappa shape index (κ3) is 2.88. The number of hydrogen-bond acceptors (Lipinski definition) is 2. The van der Waals surface area contributed by atoms with Gasteiger partial charge in [0.25, 0.3) is 0 Å². The molecule has 0 heterocycles. The van der Waals surface area contributed by atoms with Crippen molar-refractivity contribution in [1.29, 1.82) is 0 Å². The van der Waals surface area contributed by atoms with Crippen molar-refractivity contribution < 1.29 is 15.0 Å². The highest BCUT2D eigenvalue weighted by Crippen LogP contribution is 2.26. The second-order valence-corrected chi connectivity index (χ2v) is 3.70. The first-order valence-electron chi connectivity index (χ1n) is 4.81. The summed E-state index contributed by atoms with van der Waals surface area (Å²) in [6, 6.07) is 0.0332. The van der Waals surface area contributed by atoms with Crippen molar-refractivity contribution in [3.63, 3.8) is 0 Å². The molecular formula is C9H17NO3. The molecule has 3 N–H and O–H groups in total. The number of nitrogens with one attached hydrogen (secondary N) is 1. The minimum atomic E-state index is -0.962. The third-order valence-electron chi connectivity index (χ3n) is 2.79. The van der Waals surface area contributed by atoms with Gasteiger partial charge in [-0.15, -0.1) is 0 Å². The maximum Gasteiger partial charge on any atom is 0.404 e. The number of rotatable bonds is 2. The molecule has 1 amide bonds. The molecule has 3 atom stereocenters. The molecule has 76 valence electrons. The summed E-state index contributed by atoms with van der Waals surface area (Å²) in [5.74, 6) is 0.255. The molecule has 1 aliphatic carbocycles. The average molecular weight is 187 g/mol. The van der Waals surface area contributed by atoms with Gasteiger partial charge in [-0.3, -0.25) is 0 Å². The van der Waals surface area contributed by atoms with Gasteiger partial charge in [0, 0.05) is 6.04 Å². The summed E-state index contributed by atoms with van der Waals surface area (Å²) in [7, 11) is 0. The summed E-state index contributed by atoms with van der Waals surface area (Å²) >= 11 is 0. The molecule has 0 aromatic carbocycles. The standard InChI is InChI=1S/C9H17NO3/c1-2-6-5-7(10-9(12)13)3-4-8(6)11/h6-8,10-11H,2-5H2,1H3,(H,12,13)/t6-,7+,8-/m1/s1. The van der Waals surface area contributed by atoms with Crippen molar-refractivity contribution >= 4 is 6.09 Å². The Hall–Kier alpha value is -0.770. The van der Waals surface area contributed by atoms with Crippen LogP contribution in [-0.4, -0.2) is 28.5 Å². The first-order chi connectivity index (χ1) is 6.13. The Balaban J connectivity index is 2.40. The van der Waals surface area contributed by atoms with Gasteiger partial charge in [0.15, 0.2) is 0 Å². The fourth-order valence-electron chi connectivity index (χ4n) is 1.99. The molecule has 0 unspecified atom stereocenters. The van der Waals surface area contributed by atoms with Gasteiger partial charge in [0.1, 0.15) is 0 Å². The van der Waals surface area contributed by atoms with Gasteiger partial charge in [0.05, 0.1) is 6.10 Å². The van der Waals surface area contributed by atoms with Crippen LogP contribution in [0.4, 0.5) is 4.79 Å². The van der Waals surface area contributed by atoms with E-state index in [9.17, 15) is 9.90 Å². The molecule has 4 nitrogen and oxygen atoms in total. The van der Waals surface area contributed by atoms with Gasteiger partial charge in [-0.2, -0.15) is 0 Å². The summed E-state index contributed by atoms with van der Waals surface area (Å²) in [5.41, 5.74) is 0. The second kappa shape index (κ2) is 4.46. The molecule has 0 aromatic rings. The molecule has 1 fully saturated rings. The fourth-order valence-corrected chi connectivity index (χ4v) is 1.99. The maximum absolute atomic E-state index is 10.4. The highest BCUT2D eigenvalue weighted by atomic mass is 16.4. The van der Waals surface area contributed by atoms with E-state index in [4.69, 9.17) is 5.11 Å². The Kier molecular flexibility index (Phi) is 3.54. The molecule has 0 radical (unpaired) electrons. The van der Waals surface area contributed by atoms with Gasteiger partial charge in [-0.05, 0) is 25.2 Å². The zero-order chi connectivity index (χ0) is 9.84. The zero-order valence-corrected chi connectivity index (χ0v) is 7.86. The smallest absolute Gasteiger partial charge is 0.404 e. The van der Waals surface area contributed by atoms with E-state index in [1.165, 1.54) is 0 Å². The van der Waals surface area contributed by atoms with E-state index in [1.807, 2.05) is 6.92 Å². The molecule has 1 aliphatic rings. The van der Waals surface area contributed by atoms with Gasteiger partial charge in [-0.1, -0.05) is 13.3 Å². The van der Waals surface area contributed by atoms with Gasteiger partial charge in [-0.25, -0.2) is 4.79 Å². The Labute approximate surface area is 78.0 Å². The minimum absolute atomic E-state index is 0.0332. The Bertz CT molecular complexity index is 184. The monoisotopic (exact) mass is 187 g/mol. The molecule has 0 bridgehead atoms. The Morgan fingerprint density at radius 3 is 2.77 bits per heavy atom. The lowest BCUT2D eigenvalue weighted by molar-refractivity contribution is 0.0548. The van der Waals surface area contributed by atoms with Crippen LogP contribution in [0.25, 0.3) is 0 Å². The van der Waals surface area contributed by atoms with Crippen LogP contribution in [0.1, 0.15) is 32.6 Å². The molecule has 0 spiro atoms. The molecule has 0 saturated heterocycles. The molecule has 0 aromatic heterocycles. The topological polar surface area (TPSA) is 69.6 Å². The van der Waals surface area contributed by atoms with Crippen molar-refractivity contribution in [2.24, 2.45) is 5.92 Å². The van der Waals surface area contributed by atoms with E-state index in [2.05, 4.69) is 5.32 Å². The van der Waals surface area contributed by atoms with E-state index in [0.29, 0.717) is 6.42 Å². The lowest BCUT2D eigenvalue weighted by Gasteiger charge is -2.32. The number of carbonyl (C=O) groups is 1. The first-order valence-corrected chi connectivity index (χ1v) is 4.81. The summed E-state index contributed by atoms with van der Waals surface area (Å²) in [4.78, 5) is 10.4. The maximum atomic E-state index is 10.4. The van der Waals surface area contributed by atoms with Gasteiger partial charge < -0.3 is 15.5 Å². The first kappa shape index (κ1) is 10.3.